The molecule has 0 radical (unpaired) electrons. The molecule has 1 atom stereocenters. The van der Waals surface area contributed by atoms with Crippen LogP contribution in [-0.2, 0) is 0 Å². The van der Waals surface area contributed by atoms with E-state index in [4.69, 9.17) is 16.0 Å². The monoisotopic (exact) mass is 416 g/mol. The number of amides is 1. The number of carbonyl (C=O) groups is 1. The number of aryl methyl sites for hydroxylation is 2. The molecule has 6 heteroatoms. The highest BCUT2D eigenvalue weighted by molar-refractivity contribution is 6.30. The fraction of sp³-hybridized carbons (Fsp3) is 0.125. The maximum Gasteiger partial charge on any atom is 0.296 e. The molecule has 148 valence electrons. The maximum atomic E-state index is 13.5. The second kappa shape index (κ2) is 6.82. The highest BCUT2D eigenvalue weighted by Crippen LogP contribution is 2.40. The molecule has 3 heterocycles. The van der Waals surface area contributed by atoms with Crippen LogP contribution in [0.5, 0.6) is 0 Å². The molecule has 1 unspecified atom stereocenters. The van der Waals surface area contributed by atoms with E-state index in [1.807, 2.05) is 44.2 Å². The van der Waals surface area contributed by atoms with E-state index < -0.39 is 6.04 Å². The van der Waals surface area contributed by atoms with E-state index >= 15 is 0 Å². The molecule has 0 N–H and O–H groups in total. The number of hydrogen-bond acceptors (Lipinski definition) is 4. The average molecular weight is 417 g/mol. The van der Waals surface area contributed by atoms with Gasteiger partial charge in [-0.05, 0) is 61.4 Å². The first-order chi connectivity index (χ1) is 14.4. The van der Waals surface area contributed by atoms with Crippen LogP contribution in [-0.4, -0.2) is 10.9 Å². The van der Waals surface area contributed by atoms with Crippen LogP contribution in [0.15, 0.2) is 70.0 Å². The minimum absolute atomic E-state index is 0.0552. The van der Waals surface area contributed by atoms with E-state index in [1.165, 1.54) is 4.90 Å². The maximum absolute atomic E-state index is 13.5. The lowest BCUT2D eigenvalue weighted by Crippen LogP contribution is -2.30. The van der Waals surface area contributed by atoms with Gasteiger partial charge in [-0.2, -0.15) is 0 Å². The second-order valence-electron chi connectivity index (χ2n) is 7.49. The van der Waals surface area contributed by atoms with Gasteiger partial charge in [0.1, 0.15) is 11.4 Å². The molecule has 5 rings (SSSR count). The molecule has 0 saturated carbocycles. The number of nitrogens with zero attached hydrogens (tertiary/aromatic N) is 2. The van der Waals surface area contributed by atoms with E-state index in [9.17, 15) is 9.59 Å². The molecule has 2 aromatic heterocycles. The molecule has 1 amide bonds. The van der Waals surface area contributed by atoms with Crippen molar-refractivity contribution in [1.82, 2.24) is 4.98 Å². The molecule has 5 nitrogen and oxygen atoms in total. The molecule has 0 saturated heterocycles. The van der Waals surface area contributed by atoms with Crippen LogP contribution in [0.1, 0.15) is 38.9 Å². The molecule has 0 fully saturated rings. The number of pyridine rings is 1. The number of hydrogen-bond donors (Lipinski definition) is 0. The van der Waals surface area contributed by atoms with Crippen molar-refractivity contribution in [1.29, 1.82) is 0 Å². The van der Waals surface area contributed by atoms with Gasteiger partial charge in [-0.15, -0.1) is 0 Å². The zero-order chi connectivity index (χ0) is 21.0. The number of halogens is 1. The van der Waals surface area contributed by atoms with Crippen molar-refractivity contribution in [3.8, 4) is 0 Å². The number of rotatable bonds is 2. The van der Waals surface area contributed by atoms with Gasteiger partial charge in [0.25, 0.3) is 5.91 Å². The molecule has 30 heavy (non-hydrogen) atoms. The summed E-state index contributed by atoms with van der Waals surface area (Å²) in [5.41, 5.74) is 3.17. The first kappa shape index (κ1) is 18.6. The molecular formula is C24H17ClN2O3. The van der Waals surface area contributed by atoms with Crippen LogP contribution in [0.3, 0.4) is 0 Å². The van der Waals surface area contributed by atoms with Crippen molar-refractivity contribution in [3.63, 3.8) is 0 Å². The number of anilines is 1. The highest BCUT2D eigenvalue weighted by atomic mass is 35.5. The Morgan fingerprint density at radius 3 is 2.43 bits per heavy atom. The predicted octanol–water partition coefficient (Wildman–Crippen LogP) is 5.21. The minimum atomic E-state index is -0.653. The van der Waals surface area contributed by atoms with Gasteiger partial charge in [0.2, 0.25) is 5.76 Å². The van der Waals surface area contributed by atoms with Crippen molar-refractivity contribution in [2.24, 2.45) is 0 Å². The van der Waals surface area contributed by atoms with Gasteiger partial charge >= 0.3 is 0 Å². The molecule has 0 spiro atoms. The largest absolute Gasteiger partial charge is 0.450 e. The van der Waals surface area contributed by atoms with Crippen molar-refractivity contribution in [2.75, 3.05) is 4.90 Å². The summed E-state index contributed by atoms with van der Waals surface area (Å²) < 4.78 is 5.96. The number of benzene rings is 2. The topological polar surface area (TPSA) is 63.4 Å². The summed E-state index contributed by atoms with van der Waals surface area (Å²) in [7, 11) is 0. The van der Waals surface area contributed by atoms with Crippen molar-refractivity contribution in [3.05, 3.63) is 104 Å². The van der Waals surface area contributed by atoms with Gasteiger partial charge in [0, 0.05) is 11.2 Å². The van der Waals surface area contributed by atoms with E-state index in [-0.39, 0.29) is 17.1 Å². The van der Waals surface area contributed by atoms with Crippen LogP contribution in [0.25, 0.3) is 11.0 Å². The van der Waals surface area contributed by atoms with Crippen molar-refractivity contribution < 1.29 is 9.21 Å². The third-order valence-electron chi connectivity index (χ3n) is 5.36. The lowest BCUT2D eigenvalue weighted by Gasteiger charge is -2.24. The zero-order valence-corrected chi connectivity index (χ0v) is 17.1. The summed E-state index contributed by atoms with van der Waals surface area (Å²) in [4.78, 5) is 32.9. The van der Waals surface area contributed by atoms with Gasteiger partial charge < -0.3 is 4.42 Å². The zero-order valence-electron chi connectivity index (χ0n) is 16.3. The average Bonchev–Trinajstić information content (AvgIpc) is 3.02. The summed E-state index contributed by atoms with van der Waals surface area (Å²) in [5.74, 6) is 0.133. The molecule has 1 aliphatic rings. The Balaban J connectivity index is 1.83. The quantitative estimate of drug-likeness (QED) is 0.450. The van der Waals surface area contributed by atoms with Crippen molar-refractivity contribution in [2.45, 2.75) is 19.9 Å². The number of carbonyl (C=O) groups excluding carboxylic acids is 1. The number of fused-ring (bicyclic) bond motifs is 2. The molecule has 1 aliphatic heterocycles. The fourth-order valence-corrected chi connectivity index (χ4v) is 4.06. The van der Waals surface area contributed by atoms with Crippen LogP contribution in [0, 0.1) is 13.8 Å². The van der Waals surface area contributed by atoms with Crippen LogP contribution in [0.2, 0.25) is 5.02 Å². The molecular weight excluding hydrogens is 400 g/mol. The summed E-state index contributed by atoms with van der Waals surface area (Å²) >= 11 is 6.08. The predicted molar refractivity (Wildman–Crippen MR) is 116 cm³/mol. The van der Waals surface area contributed by atoms with E-state index in [1.54, 1.807) is 30.5 Å². The standard InChI is InChI=1S/C24H17ClN2O3/c1-13-3-8-18-17(11-13)22(28)20-21(15-4-6-16(25)7-5-15)27(24(29)23(20)30-18)19-12-14(2)9-10-26-19/h3-12,21H,1-2H3. The Bertz CT molecular complexity index is 1380. The summed E-state index contributed by atoms with van der Waals surface area (Å²) in [6, 6.07) is 15.5. The summed E-state index contributed by atoms with van der Waals surface area (Å²) in [6.45, 7) is 3.84. The molecule has 4 aromatic rings. The molecule has 0 aliphatic carbocycles. The van der Waals surface area contributed by atoms with Gasteiger partial charge in [0.05, 0.1) is 17.0 Å². The fourth-order valence-electron chi connectivity index (χ4n) is 3.94. The number of aromatic nitrogens is 1. The van der Waals surface area contributed by atoms with E-state index in [0.717, 1.165) is 16.7 Å². The normalized spacial score (nSPS) is 15.6. The molecule has 0 bridgehead atoms. The summed E-state index contributed by atoms with van der Waals surface area (Å²) in [5, 5.41) is 1.03. The first-order valence-corrected chi connectivity index (χ1v) is 9.91. The van der Waals surface area contributed by atoms with Crippen molar-refractivity contribution >= 4 is 34.3 Å². The van der Waals surface area contributed by atoms with E-state index in [2.05, 4.69) is 4.98 Å². The van der Waals surface area contributed by atoms with E-state index in [0.29, 0.717) is 27.4 Å². The lowest BCUT2D eigenvalue weighted by atomic mass is 9.98. The van der Waals surface area contributed by atoms with Crippen LogP contribution < -0.4 is 10.3 Å². The van der Waals surface area contributed by atoms with Gasteiger partial charge in [0.15, 0.2) is 5.43 Å². The van der Waals surface area contributed by atoms with Crippen LogP contribution >= 0.6 is 11.6 Å². The van der Waals surface area contributed by atoms with Crippen LogP contribution in [0.4, 0.5) is 5.82 Å². The third-order valence-corrected chi connectivity index (χ3v) is 5.61. The minimum Gasteiger partial charge on any atom is -0.450 e. The third kappa shape index (κ3) is 2.82. The van der Waals surface area contributed by atoms with Gasteiger partial charge in [-0.3, -0.25) is 14.5 Å². The Labute approximate surface area is 177 Å². The Hall–Kier alpha value is -3.44. The SMILES string of the molecule is Cc1ccnc(N2C(=O)c3oc4ccc(C)cc4c(=O)c3C2c2ccc(Cl)cc2)c1. The van der Waals surface area contributed by atoms with Gasteiger partial charge in [-0.25, -0.2) is 4.98 Å². The Morgan fingerprint density at radius 1 is 0.967 bits per heavy atom. The Kier molecular flexibility index (Phi) is 4.22. The lowest BCUT2D eigenvalue weighted by molar-refractivity contribution is 0.0970. The molecule has 2 aromatic carbocycles. The smallest absolute Gasteiger partial charge is 0.296 e. The Morgan fingerprint density at radius 2 is 1.70 bits per heavy atom. The second-order valence-corrected chi connectivity index (χ2v) is 7.93. The highest BCUT2D eigenvalue weighted by Gasteiger charge is 2.44. The first-order valence-electron chi connectivity index (χ1n) is 9.53. The van der Waals surface area contributed by atoms with Gasteiger partial charge in [-0.1, -0.05) is 35.4 Å². The summed E-state index contributed by atoms with van der Waals surface area (Å²) in [6.07, 6.45) is 1.65.